The molecule has 3 aromatic rings. The van der Waals surface area contributed by atoms with Gasteiger partial charge in [-0.3, -0.25) is 14.3 Å². The number of anilines is 2. The van der Waals surface area contributed by atoms with Crippen LogP contribution >= 0.6 is 11.3 Å². The van der Waals surface area contributed by atoms with Crippen LogP contribution in [0.1, 0.15) is 15.9 Å². The second-order valence-corrected chi connectivity index (χ2v) is 8.59. The van der Waals surface area contributed by atoms with Gasteiger partial charge in [0.25, 0.3) is 15.9 Å². The summed E-state index contributed by atoms with van der Waals surface area (Å²) in [6.07, 6.45) is 1.50. The first-order valence-corrected chi connectivity index (χ1v) is 10.9. The molecule has 0 bridgehead atoms. The summed E-state index contributed by atoms with van der Waals surface area (Å²) in [6.45, 7) is 1.60. The summed E-state index contributed by atoms with van der Waals surface area (Å²) in [5.41, 5.74) is 1.73. The molecule has 3 rings (SSSR count). The average molecular weight is 431 g/mol. The van der Waals surface area contributed by atoms with E-state index in [1.54, 1.807) is 17.5 Å². The van der Waals surface area contributed by atoms with Crippen molar-refractivity contribution in [3.63, 3.8) is 0 Å². The van der Waals surface area contributed by atoms with Gasteiger partial charge in [0.1, 0.15) is 0 Å². The Labute approximate surface area is 172 Å². The van der Waals surface area contributed by atoms with E-state index in [9.17, 15) is 18.0 Å². The van der Waals surface area contributed by atoms with E-state index >= 15 is 0 Å². The molecule has 3 N–H and O–H groups in total. The van der Waals surface area contributed by atoms with Gasteiger partial charge in [-0.1, -0.05) is 18.2 Å². The van der Waals surface area contributed by atoms with Gasteiger partial charge in [0.2, 0.25) is 5.91 Å². The molecule has 2 amide bonds. The fraction of sp³-hybridized carbons (Fsp3) is 0.105. The number of nitrogens with one attached hydrogen (secondary N) is 3. The van der Waals surface area contributed by atoms with E-state index in [-0.39, 0.29) is 22.5 Å². The zero-order valence-corrected chi connectivity index (χ0v) is 17.0. The lowest BCUT2D eigenvalue weighted by Gasteiger charge is -2.09. The van der Waals surface area contributed by atoms with Crippen molar-refractivity contribution in [2.45, 2.75) is 11.8 Å². The number of hydrogen-bond donors (Lipinski definition) is 3. The van der Waals surface area contributed by atoms with Gasteiger partial charge in [-0.25, -0.2) is 13.4 Å². The maximum absolute atomic E-state index is 12.3. The highest BCUT2D eigenvalue weighted by Crippen LogP contribution is 2.19. The number of benzene rings is 2. The topological polar surface area (TPSA) is 117 Å². The van der Waals surface area contributed by atoms with E-state index in [1.807, 2.05) is 19.1 Å². The molecule has 10 heteroatoms. The summed E-state index contributed by atoms with van der Waals surface area (Å²) in [6, 6.07) is 12.8. The summed E-state index contributed by atoms with van der Waals surface area (Å²) < 4.78 is 27.0. The van der Waals surface area contributed by atoms with Crippen LogP contribution in [0.3, 0.4) is 0 Å². The molecule has 0 aliphatic heterocycles. The second kappa shape index (κ2) is 8.84. The molecule has 0 atom stereocenters. The van der Waals surface area contributed by atoms with Crippen molar-refractivity contribution in [3.8, 4) is 0 Å². The van der Waals surface area contributed by atoms with Crippen LogP contribution in [0.5, 0.6) is 0 Å². The van der Waals surface area contributed by atoms with Gasteiger partial charge < -0.3 is 10.6 Å². The minimum absolute atomic E-state index is 0.0403. The van der Waals surface area contributed by atoms with Crippen molar-refractivity contribution in [2.75, 3.05) is 16.6 Å². The Bertz CT molecular complexity index is 1110. The van der Waals surface area contributed by atoms with Gasteiger partial charge in [-0.15, -0.1) is 11.3 Å². The minimum atomic E-state index is -3.76. The van der Waals surface area contributed by atoms with Gasteiger partial charge in [-0.05, 0) is 42.8 Å². The maximum atomic E-state index is 12.3. The van der Waals surface area contributed by atoms with Gasteiger partial charge in [-0.2, -0.15) is 0 Å². The molecule has 0 saturated carbocycles. The third-order valence-electron chi connectivity index (χ3n) is 3.90. The lowest BCUT2D eigenvalue weighted by Crippen LogP contribution is -2.33. The van der Waals surface area contributed by atoms with E-state index in [2.05, 4.69) is 20.3 Å². The minimum Gasteiger partial charge on any atom is -0.343 e. The van der Waals surface area contributed by atoms with Gasteiger partial charge in [0.05, 0.1) is 11.4 Å². The molecule has 1 aromatic heterocycles. The van der Waals surface area contributed by atoms with Crippen LogP contribution in [0, 0.1) is 6.92 Å². The molecule has 8 nitrogen and oxygen atoms in total. The van der Waals surface area contributed by atoms with E-state index < -0.39 is 15.9 Å². The Kier molecular flexibility index (Phi) is 6.25. The predicted molar refractivity (Wildman–Crippen MR) is 112 cm³/mol. The Balaban J connectivity index is 1.56. The number of nitrogens with zero attached hydrogens (tertiary/aromatic N) is 1. The zero-order chi connectivity index (χ0) is 20.9. The molecule has 0 spiro atoms. The summed E-state index contributed by atoms with van der Waals surface area (Å²) in [5, 5.41) is 7.10. The fourth-order valence-corrected chi connectivity index (χ4v) is 4.24. The number of amides is 2. The first-order chi connectivity index (χ1) is 13.8. The van der Waals surface area contributed by atoms with Crippen LogP contribution in [0.25, 0.3) is 0 Å². The molecule has 0 fully saturated rings. The van der Waals surface area contributed by atoms with E-state index in [0.717, 1.165) is 5.56 Å². The van der Waals surface area contributed by atoms with E-state index in [4.69, 9.17) is 0 Å². The Morgan fingerprint density at radius 2 is 1.79 bits per heavy atom. The van der Waals surface area contributed by atoms with Crippen molar-refractivity contribution in [1.82, 2.24) is 10.3 Å². The van der Waals surface area contributed by atoms with Crippen LogP contribution in [-0.2, 0) is 14.8 Å². The number of aryl methyl sites for hydroxylation is 1. The molecular formula is C19H18N4O4S2. The number of aromatic nitrogens is 1. The van der Waals surface area contributed by atoms with Crippen LogP contribution in [0.15, 0.2) is 65.0 Å². The number of rotatable bonds is 7. The molecule has 1 heterocycles. The first kappa shape index (κ1) is 20.5. The lowest BCUT2D eigenvalue weighted by molar-refractivity contribution is -0.115. The molecule has 2 aromatic carbocycles. The number of sulfonamides is 1. The van der Waals surface area contributed by atoms with Crippen LogP contribution < -0.4 is 15.4 Å². The molecule has 0 radical (unpaired) electrons. The number of thiazole rings is 1. The monoisotopic (exact) mass is 430 g/mol. The summed E-state index contributed by atoms with van der Waals surface area (Å²) in [4.78, 5) is 28.1. The molecule has 0 aliphatic rings. The molecular weight excluding hydrogens is 412 g/mol. The standard InChI is InChI=1S/C19H18N4O4S2/c1-13-4-2-3-5-16(13)18(25)21-12-17(24)22-14-6-8-15(9-7-14)29(26,27)23-19-20-10-11-28-19/h2-11H,12H2,1H3,(H,20,23)(H,21,25)(H,22,24). The van der Waals surface area contributed by atoms with E-state index in [1.165, 1.54) is 41.8 Å². The van der Waals surface area contributed by atoms with Crippen molar-refractivity contribution in [3.05, 3.63) is 71.2 Å². The third kappa shape index (κ3) is 5.39. The van der Waals surface area contributed by atoms with Crippen molar-refractivity contribution in [1.29, 1.82) is 0 Å². The SMILES string of the molecule is Cc1ccccc1C(=O)NCC(=O)Nc1ccc(S(=O)(=O)Nc2nccs2)cc1. The number of carbonyl (C=O) groups is 2. The normalized spacial score (nSPS) is 10.9. The molecule has 0 unspecified atom stereocenters. The quantitative estimate of drug-likeness (QED) is 0.533. The summed E-state index contributed by atoms with van der Waals surface area (Å²) >= 11 is 1.17. The molecule has 29 heavy (non-hydrogen) atoms. The molecule has 0 aliphatic carbocycles. The number of hydrogen-bond acceptors (Lipinski definition) is 6. The van der Waals surface area contributed by atoms with Crippen molar-refractivity contribution >= 4 is 44.0 Å². The predicted octanol–water partition coefficient (Wildman–Crippen LogP) is 2.62. The largest absolute Gasteiger partial charge is 0.343 e. The molecule has 0 saturated heterocycles. The number of carbonyl (C=O) groups excluding carboxylic acids is 2. The highest BCUT2D eigenvalue weighted by atomic mass is 32.2. The van der Waals surface area contributed by atoms with Crippen LogP contribution in [0.2, 0.25) is 0 Å². The Morgan fingerprint density at radius 3 is 2.45 bits per heavy atom. The summed E-state index contributed by atoms with van der Waals surface area (Å²) in [7, 11) is -3.76. The van der Waals surface area contributed by atoms with Gasteiger partial charge >= 0.3 is 0 Å². The van der Waals surface area contributed by atoms with Gasteiger partial charge in [0.15, 0.2) is 5.13 Å². The van der Waals surface area contributed by atoms with Crippen LogP contribution in [0.4, 0.5) is 10.8 Å². The highest BCUT2D eigenvalue weighted by Gasteiger charge is 2.16. The second-order valence-electron chi connectivity index (χ2n) is 6.01. The first-order valence-electron chi connectivity index (χ1n) is 8.51. The Hall–Kier alpha value is -3.24. The smallest absolute Gasteiger partial charge is 0.263 e. The molecule has 150 valence electrons. The van der Waals surface area contributed by atoms with E-state index in [0.29, 0.717) is 11.3 Å². The maximum Gasteiger partial charge on any atom is 0.263 e. The zero-order valence-electron chi connectivity index (χ0n) is 15.4. The fourth-order valence-electron chi connectivity index (χ4n) is 2.45. The van der Waals surface area contributed by atoms with Crippen LogP contribution in [-0.4, -0.2) is 31.8 Å². The highest BCUT2D eigenvalue weighted by molar-refractivity contribution is 7.93. The summed E-state index contributed by atoms with van der Waals surface area (Å²) in [5.74, 6) is -0.767. The third-order valence-corrected chi connectivity index (χ3v) is 6.07. The van der Waals surface area contributed by atoms with Gasteiger partial charge in [0, 0.05) is 22.8 Å². The Morgan fingerprint density at radius 1 is 1.07 bits per heavy atom. The van der Waals surface area contributed by atoms with Crippen molar-refractivity contribution < 1.29 is 18.0 Å². The average Bonchev–Trinajstić information content (AvgIpc) is 3.19. The lowest BCUT2D eigenvalue weighted by atomic mass is 10.1. The van der Waals surface area contributed by atoms with Crippen molar-refractivity contribution in [2.24, 2.45) is 0 Å².